The molecule has 150 valence electrons. The Balaban J connectivity index is 1.67. The Hall–Kier alpha value is -3.69. The van der Waals surface area contributed by atoms with Gasteiger partial charge in [0.25, 0.3) is 11.4 Å². The minimum absolute atomic E-state index is 0.0435. The second-order valence-electron chi connectivity index (χ2n) is 6.21. The van der Waals surface area contributed by atoms with Gasteiger partial charge in [0.05, 0.1) is 13.2 Å². The largest absolute Gasteiger partial charge is 0.497 e. The predicted octanol–water partition coefficient (Wildman–Crippen LogP) is 3.46. The number of hydrogen-bond donors (Lipinski definition) is 1. The first kappa shape index (κ1) is 18.7. The van der Waals surface area contributed by atoms with Crippen molar-refractivity contribution in [2.75, 3.05) is 7.11 Å². The maximum atomic E-state index is 13.3. The Kier molecular flexibility index (Phi) is 4.98. The number of benzene rings is 1. The summed E-state index contributed by atoms with van der Waals surface area (Å²) in [7, 11) is 1.56. The highest BCUT2D eigenvalue weighted by atomic mass is 19.1. The highest BCUT2D eigenvalue weighted by molar-refractivity contribution is 5.74. The molecule has 0 bridgehead atoms. The average Bonchev–Trinajstić information content (AvgIpc) is 3.37. The maximum Gasteiger partial charge on any atom is 0.279 e. The maximum absolute atomic E-state index is 13.3. The molecule has 4 aromatic rings. The number of aromatic amines is 1. The van der Waals surface area contributed by atoms with E-state index in [0.717, 1.165) is 0 Å². The fourth-order valence-electron chi connectivity index (χ4n) is 2.91. The third-order valence-electron chi connectivity index (χ3n) is 4.24. The third kappa shape index (κ3) is 3.56. The van der Waals surface area contributed by atoms with Gasteiger partial charge in [0.1, 0.15) is 24.0 Å². The van der Waals surface area contributed by atoms with E-state index in [1.54, 1.807) is 31.4 Å². The molecule has 0 aliphatic carbocycles. The van der Waals surface area contributed by atoms with Gasteiger partial charge >= 0.3 is 0 Å². The molecule has 0 unspecified atom stereocenters. The van der Waals surface area contributed by atoms with Crippen molar-refractivity contribution in [3.63, 3.8) is 0 Å². The van der Waals surface area contributed by atoms with Crippen molar-refractivity contribution in [3.8, 4) is 29.0 Å². The number of nitrogens with one attached hydrogen (secondary N) is 1. The summed E-state index contributed by atoms with van der Waals surface area (Å²) < 4.78 is 30.7. The van der Waals surface area contributed by atoms with E-state index in [1.165, 1.54) is 10.6 Å². The van der Waals surface area contributed by atoms with Gasteiger partial charge in [0, 0.05) is 12.6 Å². The molecule has 0 spiro atoms. The van der Waals surface area contributed by atoms with Gasteiger partial charge < -0.3 is 19.0 Å². The molecule has 1 aromatic carbocycles. The summed E-state index contributed by atoms with van der Waals surface area (Å²) >= 11 is 0. The van der Waals surface area contributed by atoms with Crippen LogP contribution < -0.4 is 15.0 Å². The lowest BCUT2D eigenvalue weighted by Gasteiger charge is -2.07. The Labute approximate surface area is 164 Å². The van der Waals surface area contributed by atoms with Gasteiger partial charge in [-0.2, -0.15) is 0 Å². The van der Waals surface area contributed by atoms with Gasteiger partial charge in [-0.1, -0.05) is 13.0 Å². The lowest BCUT2D eigenvalue weighted by atomic mass is 10.3. The van der Waals surface area contributed by atoms with E-state index in [-0.39, 0.29) is 40.0 Å². The van der Waals surface area contributed by atoms with Crippen LogP contribution in [0.3, 0.4) is 0 Å². The molecule has 0 saturated heterocycles. The van der Waals surface area contributed by atoms with Crippen LogP contribution in [0.1, 0.15) is 19.2 Å². The molecule has 29 heavy (non-hydrogen) atoms. The van der Waals surface area contributed by atoms with E-state index in [1.807, 2.05) is 6.92 Å². The number of rotatable bonds is 7. The van der Waals surface area contributed by atoms with E-state index >= 15 is 0 Å². The Morgan fingerprint density at radius 3 is 2.83 bits per heavy atom. The van der Waals surface area contributed by atoms with Crippen molar-refractivity contribution in [3.05, 3.63) is 46.5 Å². The molecular formula is C19H18FN5O4. The summed E-state index contributed by atoms with van der Waals surface area (Å²) in [6.07, 6.45) is 0.675. The Morgan fingerprint density at radius 2 is 2.07 bits per heavy atom. The Bertz CT molecular complexity index is 1210. The van der Waals surface area contributed by atoms with E-state index in [0.29, 0.717) is 24.5 Å². The molecule has 1 N–H and O–H groups in total. The van der Waals surface area contributed by atoms with E-state index in [4.69, 9.17) is 14.0 Å². The van der Waals surface area contributed by atoms with Crippen molar-refractivity contribution in [2.24, 2.45) is 0 Å². The summed E-state index contributed by atoms with van der Waals surface area (Å²) in [5, 5.41) is 3.85. The van der Waals surface area contributed by atoms with Crippen LogP contribution in [-0.2, 0) is 13.2 Å². The van der Waals surface area contributed by atoms with Crippen molar-refractivity contribution in [1.82, 2.24) is 24.7 Å². The zero-order valence-electron chi connectivity index (χ0n) is 15.8. The molecule has 4 rings (SSSR count). The Morgan fingerprint density at radius 1 is 1.24 bits per heavy atom. The molecule has 0 saturated carbocycles. The van der Waals surface area contributed by atoms with Crippen LogP contribution in [0.5, 0.6) is 17.4 Å². The van der Waals surface area contributed by atoms with Gasteiger partial charge in [-0.3, -0.25) is 9.36 Å². The second-order valence-corrected chi connectivity index (χ2v) is 6.21. The monoisotopic (exact) mass is 399 g/mol. The van der Waals surface area contributed by atoms with Gasteiger partial charge in [0.15, 0.2) is 17.0 Å². The molecule has 9 nitrogen and oxygen atoms in total. The van der Waals surface area contributed by atoms with Gasteiger partial charge in [0.2, 0.25) is 5.76 Å². The summed E-state index contributed by atoms with van der Waals surface area (Å²) in [6, 6.07) is 8.55. The first-order chi connectivity index (χ1) is 14.1. The molecule has 0 atom stereocenters. The summed E-state index contributed by atoms with van der Waals surface area (Å²) in [6.45, 7) is 1.42. The average molecular weight is 399 g/mol. The van der Waals surface area contributed by atoms with Crippen LogP contribution in [0.4, 0.5) is 4.39 Å². The molecule has 0 fully saturated rings. The lowest BCUT2D eigenvalue weighted by molar-refractivity contribution is 0.369. The van der Waals surface area contributed by atoms with E-state index < -0.39 is 6.67 Å². The van der Waals surface area contributed by atoms with E-state index in [2.05, 4.69) is 20.1 Å². The van der Waals surface area contributed by atoms with Gasteiger partial charge in [-0.05, 0) is 23.7 Å². The summed E-state index contributed by atoms with van der Waals surface area (Å²) in [5.41, 5.74) is -0.0791. The molecule has 0 amide bonds. The standard InChI is InChI=1S/C19H18FN5O4/c1-3-7-25-14(10-20)21-18-16(19(25)26)22-17(23-18)13-9-15(24-29-13)28-12-6-4-5-11(8-12)27-2/h4-6,8-9H,3,7,10H2,1-2H3,(H,22,23). The number of alkyl halides is 1. The van der Waals surface area contributed by atoms with Crippen LogP contribution >= 0.6 is 0 Å². The summed E-state index contributed by atoms with van der Waals surface area (Å²) in [5.74, 6) is 1.91. The third-order valence-corrected chi connectivity index (χ3v) is 4.24. The number of nitrogens with zero attached hydrogens (tertiary/aromatic N) is 4. The van der Waals surface area contributed by atoms with Gasteiger partial charge in [-0.15, -0.1) is 0 Å². The number of hydrogen-bond acceptors (Lipinski definition) is 7. The quantitative estimate of drug-likeness (QED) is 0.507. The zero-order valence-corrected chi connectivity index (χ0v) is 15.8. The number of H-pyrrole nitrogens is 1. The fourth-order valence-corrected chi connectivity index (χ4v) is 2.91. The summed E-state index contributed by atoms with van der Waals surface area (Å²) in [4.78, 5) is 23.9. The van der Waals surface area contributed by atoms with Gasteiger partial charge in [-0.25, -0.2) is 14.4 Å². The molecule has 10 heteroatoms. The first-order valence-electron chi connectivity index (χ1n) is 8.97. The fraction of sp³-hybridized carbons (Fsp3) is 0.263. The first-order valence-corrected chi connectivity index (χ1v) is 8.97. The minimum Gasteiger partial charge on any atom is -0.497 e. The number of ether oxygens (including phenoxy) is 2. The zero-order chi connectivity index (χ0) is 20.4. The SMILES string of the molecule is CCCn1c(CF)nc2nc(-c3cc(Oc4cccc(OC)c4)no3)[nH]c2c1=O. The molecular weight excluding hydrogens is 381 g/mol. The molecule has 3 aromatic heterocycles. The predicted molar refractivity (Wildman–Crippen MR) is 102 cm³/mol. The van der Waals surface area contributed by atoms with Crippen molar-refractivity contribution in [1.29, 1.82) is 0 Å². The van der Waals surface area contributed by atoms with Crippen LogP contribution in [-0.4, -0.2) is 31.8 Å². The smallest absolute Gasteiger partial charge is 0.279 e. The van der Waals surface area contributed by atoms with Crippen molar-refractivity contribution < 1.29 is 18.4 Å². The van der Waals surface area contributed by atoms with Crippen molar-refractivity contribution in [2.45, 2.75) is 26.6 Å². The highest BCUT2D eigenvalue weighted by Crippen LogP contribution is 2.28. The highest BCUT2D eigenvalue weighted by Gasteiger charge is 2.18. The lowest BCUT2D eigenvalue weighted by Crippen LogP contribution is -2.25. The normalized spacial score (nSPS) is 11.1. The molecule has 0 aliphatic rings. The van der Waals surface area contributed by atoms with Crippen LogP contribution in [0.25, 0.3) is 22.7 Å². The van der Waals surface area contributed by atoms with Crippen molar-refractivity contribution >= 4 is 11.2 Å². The van der Waals surface area contributed by atoms with E-state index in [9.17, 15) is 9.18 Å². The second kappa shape index (κ2) is 7.74. The molecule has 0 aliphatic heterocycles. The van der Waals surface area contributed by atoms with Crippen LogP contribution in [0.15, 0.2) is 39.6 Å². The topological polar surface area (TPSA) is 108 Å². The number of halogens is 1. The minimum atomic E-state index is -0.853. The van der Waals surface area contributed by atoms with Crippen LogP contribution in [0.2, 0.25) is 0 Å². The number of aromatic nitrogens is 5. The molecule has 0 radical (unpaired) electrons. The number of methoxy groups -OCH3 is 1. The number of imidazole rings is 1. The number of fused-ring (bicyclic) bond motifs is 1. The van der Waals surface area contributed by atoms with Crippen LogP contribution in [0, 0.1) is 0 Å². The molecule has 3 heterocycles.